The van der Waals surface area contributed by atoms with Gasteiger partial charge >= 0.3 is 0 Å². The molecule has 0 fully saturated rings. The van der Waals surface area contributed by atoms with Crippen molar-refractivity contribution in [1.82, 2.24) is 20.1 Å². The number of nitrogens with two attached hydrogens (primary N) is 1. The standard InChI is InChI=1S/C51H50FN5O5Si/c1-51(2,3)63(40-12-8-6-9-13-40,41-14-10-7-11-15-41)62-39-26-22-36(28-39)46-43-32-57(31-34-18-24-38(60-4)25-19-34)56-48(43)45(49(53)58)47(55-46)35-20-16-33(17-21-35)30-54-50(59)42-29-37(52)23-27-44(42)61-5/h6-25,27,29,32,39H,26,28,30-31H2,1-5H3,(H2,53,58)(H,54,59). The predicted octanol–water partition coefficient (Wildman–Crippen LogP) is 8.45. The molecule has 12 heteroatoms. The summed E-state index contributed by atoms with van der Waals surface area (Å²) in [6, 6.07) is 40.2. The summed E-state index contributed by atoms with van der Waals surface area (Å²) in [5, 5.41) is 10.8. The smallest absolute Gasteiger partial charge is 0.261 e. The summed E-state index contributed by atoms with van der Waals surface area (Å²) in [4.78, 5) is 31.8. The lowest BCUT2D eigenvalue weighted by Gasteiger charge is -2.44. The zero-order valence-electron chi connectivity index (χ0n) is 36.0. The van der Waals surface area contributed by atoms with E-state index in [9.17, 15) is 14.0 Å². The third kappa shape index (κ3) is 8.64. The van der Waals surface area contributed by atoms with Gasteiger partial charge in [0, 0.05) is 23.7 Å². The Balaban J connectivity index is 1.16. The van der Waals surface area contributed by atoms with E-state index in [2.05, 4.69) is 80.7 Å². The van der Waals surface area contributed by atoms with E-state index in [0.29, 0.717) is 47.2 Å². The van der Waals surface area contributed by atoms with Gasteiger partial charge in [-0.1, -0.05) is 124 Å². The van der Waals surface area contributed by atoms with Gasteiger partial charge in [0.25, 0.3) is 20.1 Å². The number of methoxy groups -OCH3 is 2. The highest BCUT2D eigenvalue weighted by Crippen LogP contribution is 2.42. The normalized spacial score (nSPS) is 14.1. The highest BCUT2D eigenvalue weighted by atomic mass is 28.4. The molecule has 1 aliphatic rings. The molecule has 3 N–H and O–H groups in total. The number of hydrogen-bond acceptors (Lipinski definition) is 7. The minimum Gasteiger partial charge on any atom is -0.497 e. The fourth-order valence-electron chi connectivity index (χ4n) is 8.63. The topological polar surface area (TPSA) is 131 Å². The molecular weight excluding hydrogens is 810 g/mol. The number of rotatable bonds is 14. The molecule has 2 heterocycles. The van der Waals surface area contributed by atoms with E-state index < -0.39 is 25.9 Å². The van der Waals surface area contributed by atoms with Crippen LogP contribution >= 0.6 is 0 Å². The Kier molecular flexibility index (Phi) is 12.1. The molecule has 2 aromatic heterocycles. The summed E-state index contributed by atoms with van der Waals surface area (Å²) in [7, 11) is 0.192. The largest absolute Gasteiger partial charge is 0.497 e. The molecule has 10 nitrogen and oxygen atoms in total. The quantitative estimate of drug-likeness (QED) is 0.105. The van der Waals surface area contributed by atoms with Gasteiger partial charge in [0.05, 0.1) is 49.4 Å². The number of amides is 2. The number of carbonyl (C=O) groups is 2. The van der Waals surface area contributed by atoms with Crippen molar-refractivity contribution < 1.29 is 27.9 Å². The predicted molar refractivity (Wildman–Crippen MR) is 247 cm³/mol. The molecule has 2 amide bonds. The first kappa shape index (κ1) is 42.8. The lowest BCUT2D eigenvalue weighted by Crippen LogP contribution is -2.67. The molecule has 7 aromatic rings. The highest BCUT2D eigenvalue weighted by molar-refractivity contribution is 6.99. The molecule has 0 spiro atoms. The second kappa shape index (κ2) is 17.8. The third-order valence-corrected chi connectivity index (χ3v) is 16.8. The number of nitrogens with zero attached hydrogens (tertiary/aromatic N) is 3. The number of benzene rings is 5. The maximum absolute atomic E-state index is 14.0. The number of fused-ring (bicyclic) bond motifs is 1. The molecule has 8 rings (SSSR count). The molecule has 0 aliphatic heterocycles. The van der Waals surface area contributed by atoms with Crippen LogP contribution in [0, 0.1) is 5.82 Å². The summed E-state index contributed by atoms with van der Waals surface area (Å²) >= 11 is 0. The van der Waals surface area contributed by atoms with E-state index in [-0.39, 0.29) is 34.6 Å². The van der Waals surface area contributed by atoms with Crippen molar-refractivity contribution in [2.45, 2.75) is 57.8 Å². The van der Waals surface area contributed by atoms with Gasteiger partial charge in [-0.2, -0.15) is 5.10 Å². The Hall–Kier alpha value is -6.89. The summed E-state index contributed by atoms with van der Waals surface area (Å²) in [6.45, 7) is 7.43. The van der Waals surface area contributed by atoms with Crippen LogP contribution in [0.3, 0.4) is 0 Å². The van der Waals surface area contributed by atoms with Crippen molar-refractivity contribution in [2.24, 2.45) is 5.73 Å². The van der Waals surface area contributed by atoms with Crippen LogP contribution in [0.2, 0.25) is 5.04 Å². The molecule has 1 atom stereocenters. The molecule has 320 valence electrons. The Morgan fingerprint density at radius 1 is 0.841 bits per heavy atom. The van der Waals surface area contributed by atoms with Crippen LogP contribution in [0.1, 0.15) is 71.1 Å². The molecular formula is C51H50FN5O5Si. The summed E-state index contributed by atoms with van der Waals surface area (Å²) < 4.78 is 34.1. The van der Waals surface area contributed by atoms with Gasteiger partial charge in [-0.25, -0.2) is 9.37 Å². The van der Waals surface area contributed by atoms with Crippen molar-refractivity contribution in [1.29, 1.82) is 0 Å². The molecule has 0 saturated heterocycles. The fourth-order valence-corrected chi connectivity index (χ4v) is 13.3. The van der Waals surface area contributed by atoms with Crippen LogP contribution < -0.4 is 30.9 Å². The zero-order valence-corrected chi connectivity index (χ0v) is 37.0. The minimum atomic E-state index is -2.87. The van der Waals surface area contributed by atoms with Crippen molar-refractivity contribution in [2.75, 3.05) is 14.2 Å². The monoisotopic (exact) mass is 859 g/mol. The number of hydrogen-bond donors (Lipinski definition) is 2. The molecule has 0 bridgehead atoms. The van der Waals surface area contributed by atoms with Gasteiger partial charge < -0.3 is 25.0 Å². The first-order valence-electron chi connectivity index (χ1n) is 20.9. The zero-order chi connectivity index (χ0) is 44.3. The summed E-state index contributed by atoms with van der Waals surface area (Å²) in [6.07, 6.45) is 5.28. The SMILES string of the molecule is COc1ccc(Cn2cc3c(C4=CCC(O[Si](c5ccccc5)(c5ccccc5)C(C)(C)C)C4)nc(-c4ccc(CNC(=O)c5cc(F)ccc5OC)cc4)c(C(N)=O)c3n2)cc1. The van der Waals surface area contributed by atoms with Crippen molar-refractivity contribution in [3.8, 4) is 22.8 Å². The number of pyridine rings is 1. The van der Waals surface area contributed by atoms with Gasteiger partial charge in [0.15, 0.2) is 0 Å². The number of aromatic nitrogens is 3. The average molecular weight is 860 g/mol. The highest BCUT2D eigenvalue weighted by Gasteiger charge is 2.51. The Morgan fingerprint density at radius 3 is 2.10 bits per heavy atom. The number of nitrogens with one attached hydrogen (secondary N) is 1. The number of halogens is 1. The van der Waals surface area contributed by atoms with Gasteiger partial charge in [-0.3, -0.25) is 14.3 Å². The second-order valence-corrected chi connectivity index (χ2v) is 21.0. The summed E-state index contributed by atoms with van der Waals surface area (Å²) in [5.41, 5.74) is 11.5. The minimum absolute atomic E-state index is 0.0945. The van der Waals surface area contributed by atoms with Gasteiger partial charge in [0.1, 0.15) is 22.8 Å². The van der Waals surface area contributed by atoms with Crippen LogP contribution in [0.15, 0.2) is 140 Å². The first-order valence-corrected chi connectivity index (χ1v) is 22.8. The average Bonchev–Trinajstić information content (AvgIpc) is 3.94. The van der Waals surface area contributed by atoms with Gasteiger partial charge in [0.2, 0.25) is 0 Å². The van der Waals surface area contributed by atoms with E-state index in [1.165, 1.54) is 29.6 Å². The van der Waals surface area contributed by atoms with Gasteiger partial charge in [-0.15, -0.1) is 0 Å². The van der Waals surface area contributed by atoms with Gasteiger partial charge in [-0.05, 0) is 75.3 Å². The van der Waals surface area contributed by atoms with E-state index in [1.807, 2.05) is 71.5 Å². The molecule has 5 aromatic carbocycles. The Morgan fingerprint density at radius 2 is 1.49 bits per heavy atom. The summed E-state index contributed by atoms with van der Waals surface area (Å²) in [5.74, 6) is -0.654. The lowest BCUT2D eigenvalue weighted by atomic mass is 9.98. The Bertz CT molecular complexity index is 2770. The van der Waals surface area contributed by atoms with Crippen LogP contribution in [0.5, 0.6) is 11.5 Å². The fraction of sp³-hybridized carbons (Fsp3) is 0.216. The number of primary amides is 1. The maximum atomic E-state index is 14.0. The van der Waals surface area contributed by atoms with Crippen molar-refractivity contribution in [3.05, 3.63) is 173 Å². The molecule has 0 radical (unpaired) electrons. The van der Waals surface area contributed by atoms with E-state index in [0.717, 1.165) is 28.5 Å². The van der Waals surface area contributed by atoms with Crippen LogP contribution in [-0.2, 0) is 17.5 Å². The first-order chi connectivity index (χ1) is 30.4. The van der Waals surface area contributed by atoms with Crippen LogP contribution in [0.4, 0.5) is 4.39 Å². The molecule has 1 unspecified atom stereocenters. The number of carbonyl (C=O) groups excluding carboxylic acids is 2. The maximum Gasteiger partial charge on any atom is 0.261 e. The third-order valence-electron chi connectivity index (χ3n) is 11.7. The van der Waals surface area contributed by atoms with Crippen molar-refractivity contribution >= 4 is 47.0 Å². The molecule has 0 saturated carbocycles. The lowest BCUT2D eigenvalue weighted by molar-refractivity contribution is 0.0946. The van der Waals surface area contributed by atoms with E-state index in [1.54, 1.807) is 7.11 Å². The second-order valence-electron chi connectivity index (χ2n) is 16.8. The van der Waals surface area contributed by atoms with E-state index in [4.69, 9.17) is 29.7 Å². The molecule has 63 heavy (non-hydrogen) atoms. The van der Waals surface area contributed by atoms with Crippen molar-refractivity contribution in [3.63, 3.8) is 0 Å². The molecule has 1 aliphatic carbocycles. The number of ether oxygens (including phenoxy) is 2. The van der Waals surface area contributed by atoms with Crippen LogP contribution in [-0.4, -0.2) is 55.2 Å². The Labute approximate surface area is 367 Å². The van der Waals surface area contributed by atoms with E-state index >= 15 is 0 Å². The van der Waals surface area contributed by atoms with Crippen LogP contribution in [0.25, 0.3) is 27.7 Å².